The maximum Gasteiger partial charge on any atom is 0.235 e. The van der Waals surface area contributed by atoms with Gasteiger partial charge in [0.2, 0.25) is 5.12 Å². The summed E-state index contributed by atoms with van der Waals surface area (Å²) in [6.07, 6.45) is 5.35. The summed E-state index contributed by atoms with van der Waals surface area (Å²) in [5, 5.41) is 9.49. The molecule has 0 aromatic rings. The van der Waals surface area contributed by atoms with Gasteiger partial charge in [-0.15, -0.1) is 0 Å². The molecule has 0 N–H and O–H groups in total. The Hall–Kier alpha value is -0.510. The molecule has 1 fully saturated rings. The van der Waals surface area contributed by atoms with E-state index in [-0.39, 0.29) is 5.25 Å². The van der Waals surface area contributed by atoms with Crippen LogP contribution >= 0.6 is 11.8 Å². The zero-order chi connectivity index (χ0) is 8.97. The van der Waals surface area contributed by atoms with Gasteiger partial charge in [-0.2, -0.15) is 0 Å². The highest BCUT2D eigenvalue weighted by Gasteiger charge is 2.17. The zero-order valence-electron chi connectivity index (χ0n) is 6.75. The molecule has 0 heterocycles. The van der Waals surface area contributed by atoms with Crippen molar-refractivity contribution in [3.05, 3.63) is 0 Å². The van der Waals surface area contributed by atoms with E-state index in [0.29, 0.717) is 0 Å². The van der Waals surface area contributed by atoms with Crippen LogP contribution in [-0.4, -0.2) is 16.3 Å². The van der Waals surface area contributed by atoms with Crippen molar-refractivity contribution in [2.75, 3.05) is 0 Å². The van der Waals surface area contributed by atoms with Crippen molar-refractivity contribution in [2.24, 2.45) is 0 Å². The molecule has 1 saturated carbocycles. The van der Waals surface area contributed by atoms with Crippen molar-refractivity contribution in [1.82, 2.24) is 0 Å². The molecule has 0 aromatic heterocycles. The van der Waals surface area contributed by atoms with Gasteiger partial charge in [0, 0.05) is 5.25 Å². The van der Waals surface area contributed by atoms with Crippen LogP contribution in [-0.2, 0) is 9.59 Å². The number of carboxylic acid groups (broad SMARTS) is 1. The first kappa shape index (κ1) is 9.58. The highest BCUT2D eigenvalue weighted by molar-refractivity contribution is 8.15. The summed E-state index contributed by atoms with van der Waals surface area (Å²) in [6.45, 7) is 0. The molecule has 0 radical (unpaired) electrons. The van der Waals surface area contributed by atoms with Gasteiger partial charge in [0.15, 0.2) is 0 Å². The van der Waals surface area contributed by atoms with E-state index in [1.165, 1.54) is 6.42 Å². The summed E-state index contributed by atoms with van der Waals surface area (Å²) < 4.78 is 0. The molecule has 0 unspecified atom stereocenters. The molecule has 1 aliphatic carbocycles. The van der Waals surface area contributed by atoms with E-state index in [1.807, 2.05) is 0 Å². The molecule has 1 rings (SSSR count). The van der Waals surface area contributed by atoms with E-state index in [0.717, 1.165) is 37.4 Å². The van der Waals surface area contributed by atoms with Gasteiger partial charge in [0.05, 0.1) is 0 Å². The number of thioether (sulfide) groups is 1. The Morgan fingerprint density at radius 1 is 1.17 bits per heavy atom. The second-order valence-corrected chi connectivity index (χ2v) is 4.23. The fraction of sp³-hybridized carbons (Fsp3) is 0.750. The van der Waals surface area contributed by atoms with Crippen LogP contribution in [0.2, 0.25) is 0 Å². The largest absolute Gasteiger partial charge is 0.541 e. The molecular weight excluding hydrogens is 176 g/mol. The third kappa shape index (κ3) is 2.85. The summed E-state index contributed by atoms with van der Waals surface area (Å²) in [5.74, 6) is -1.56. The average Bonchev–Trinajstić information content (AvgIpc) is 2.06. The molecule has 68 valence electrons. The first-order valence-corrected chi connectivity index (χ1v) is 5.00. The van der Waals surface area contributed by atoms with Crippen LogP contribution in [0.3, 0.4) is 0 Å². The van der Waals surface area contributed by atoms with Crippen LogP contribution in [0.25, 0.3) is 0 Å². The molecule has 1 aliphatic rings. The van der Waals surface area contributed by atoms with Crippen molar-refractivity contribution in [1.29, 1.82) is 0 Å². The third-order valence-corrected chi connectivity index (χ3v) is 3.18. The number of carbonyl (C=O) groups excluding carboxylic acids is 2. The maximum absolute atomic E-state index is 10.7. The predicted molar refractivity (Wildman–Crippen MR) is 44.5 cm³/mol. The minimum Gasteiger partial charge on any atom is -0.541 e. The van der Waals surface area contributed by atoms with E-state index in [4.69, 9.17) is 0 Å². The van der Waals surface area contributed by atoms with Crippen molar-refractivity contribution >= 4 is 22.8 Å². The molecule has 0 atom stereocenters. The molecule has 0 amide bonds. The van der Waals surface area contributed by atoms with Gasteiger partial charge in [-0.25, -0.2) is 0 Å². The summed E-state index contributed by atoms with van der Waals surface area (Å²) in [7, 11) is 0. The molecule has 0 spiro atoms. The molecule has 12 heavy (non-hydrogen) atoms. The predicted octanol–water partition coefficient (Wildman–Crippen LogP) is 0.329. The lowest BCUT2D eigenvalue weighted by molar-refractivity contribution is -0.298. The van der Waals surface area contributed by atoms with Crippen LogP contribution in [0.15, 0.2) is 0 Å². The fourth-order valence-electron chi connectivity index (χ4n) is 1.38. The van der Waals surface area contributed by atoms with Crippen LogP contribution < -0.4 is 5.11 Å². The maximum atomic E-state index is 10.7. The Labute approximate surface area is 75.5 Å². The van der Waals surface area contributed by atoms with Crippen LogP contribution in [0.5, 0.6) is 0 Å². The van der Waals surface area contributed by atoms with Gasteiger partial charge in [-0.05, 0) is 12.8 Å². The van der Waals surface area contributed by atoms with Gasteiger partial charge >= 0.3 is 0 Å². The second-order valence-electron chi connectivity index (χ2n) is 2.95. The smallest absolute Gasteiger partial charge is 0.235 e. The molecule has 4 heteroatoms. The molecule has 0 aromatic carbocycles. The lowest BCUT2D eigenvalue weighted by atomic mass is 10.0. The van der Waals surface area contributed by atoms with E-state index >= 15 is 0 Å². The third-order valence-electron chi connectivity index (χ3n) is 1.99. The monoisotopic (exact) mass is 187 g/mol. The van der Waals surface area contributed by atoms with Crippen molar-refractivity contribution < 1.29 is 14.7 Å². The van der Waals surface area contributed by atoms with Gasteiger partial charge < -0.3 is 9.90 Å². The summed E-state index contributed by atoms with van der Waals surface area (Å²) >= 11 is 0.928. The molecule has 0 aliphatic heterocycles. The van der Waals surface area contributed by atoms with Crippen molar-refractivity contribution in [2.45, 2.75) is 37.4 Å². The van der Waals surface area contributed by atoms with E-state index in [2.05, 4.69) is 0 Å². The molecular formula is C8H11O3S-. The molecule has 0 bridgehead atoms. The first-order chi connectivity index (χ1) is 5.70. The lowest BCUT2D eigenvalue weighted by Gasteiger charge is -2.19. The fourth-order valence-corrected chi connectivity index (χ4v) is 2.35. The van der Waals surface area contributed by atoms with Gasteiger partial charge in [0.25, 0.3) is 0 Å². The number of hydrogen-bond donors (Lipinski definition) is 0. The number of hydrogen-bond acceptors (Lipinski definition) is 4. The Bertz CT molecular complexity index is 185. The second kappa shape index (κ2) is 4.50. The minimum absolute atomic E-state index is 0.212. The van der Waals surface area contributed by atoms with Crippen LogP contribution in [0.4, 0.5) is 0 Å². The topological polar surface area (TPSA) is 57.2 Å². The normalized spacial score (nSPS) is 19.0. The van der Waals surface area contributed by atoms with E-state index in [9.17, 15) is 14.7 Å². The quantitative estimate of drug-likeness (QED) is 0.555. The Morgan fingerprint density at radius 3 is 2.25 bits per heavy atom. The Balaban J connectivity index is 2.29. The standard InChI is InChI=1S/C8H12O3S/c9-7(10)8(11)12-6-4-2-1-3-5-6/h6H,1-5H2,(H,9,10)/p-1. The molecule has 3 nitrogen and oxygen atoms in total. The zero-order valence-corrected chi connectivity index (χ0v) is 7.56. The van der Waals surface area contributed by atoms with Gasteiger partial charge in [-0.1, -0.05) is 31.0 Å². The summed E-state index contributed by atoms with van der Waals surface area (Å²) in [6, 6.07) is 0. The number of carboxylic acids is 1. The minimum atomic E-state index is -1.56. The highest BCUT2D eigenvalue weighted by atomic mass is 32.2. The number of aliphatic carboxylic acids is 1. The van der Waals surface area contributed by atoms with Gasteiger partial charge in [-0.3, -0.25) is 4.79 Å². The molecule has 0 saturated heterocycles. The van der Waals surface area contributed by atoms with E-state index in [1.54, 1.807) is 0 Å². The van der Waals surface area contributed by atoms with Crippen LogP contribution in [0.1, 0.15) is 32.1 Å². The average molecular weight is 187 g/mol. The lowest BCUT2D eigenvalue weighted by Crippen LogP contribution is -2.31. The van der Waals surface area contributed by atoms with Crippen molar-refractivity contribution in [3.8, 4) is 0 Å². The van der Waals surface area contributed by atoms with Gasteiger partial charge in [0.1, 0.15) is 5.97 Å². The number of rotatable bonds is 1. The summed E-state index contributed by atoms with van der Waals surface area (Å²) in [5.41, 5.74) is 0. The van der Waals surface area contributed by atoms with Crippen molar-refractivity contribution in [3.63, 3.8) is 0 Å². The van der Waals surface area contributed by atoms with E-state index < -0.39 is 11.1 Å². The van der Waals surface area contributed by atoms with Crippen LogP contribution in [0, 0.1) is 0 Å². The first-order valence-electron chi connectivity index (χ1n) is 4.12. The number of carbonyl (C=O) groups is 2. The summed E-state index contributed by atoms with van der Waals surface area (Å²) in [4.78, 5) is 20.8. The Morgan fingerprint density at radius 2 is 1.75 bits per heavy atom. The highest BCUT2D eigenvalue weighted by Crippen LogP contribution is 2.28. The Kier molecular flexibility index (Phi) is 3.59. The SMILES string of the molecule is O=C([O-])C(=O)SC1CCCCC1.